The van der Waals surface area contributed by atoms with Crippen LogP contribution < -0.4 is 5.32 Å². The van der Waals surface area contributed by atoms with Crippen LogP contribution in [0, 0.1) is 20.8 Å². The van der Waals surface area contributed by atoms with E-state index in [0.717, 1.165) is 47.2 Å². The molecular formula is C23H26N4O2. The maximum atomic E-state index is 13.1. The number of aromatic nitrogens is 2. The molecule has 0 spiro atoms. The maximum Gasteiger partial charge on any atom is 0.322 e. The second kappa shape index (κ2) is 8.07. The van der Waals surface area contributed by atoms with E-state index >= 15 is 0 Å². The van der Waals surface area contributed by atoms with Crippen LogP contribution >= 0.6 is 0 Å². The average molecular weight is 390 g/mol. The van der Waals surface area contributed by atoms with Gasteiger partial charge >= 0.3 is 6.03 Å². The monoisotopic (exact) mass is 390 g/mol. The van der Waals surface area contributed by atoms with Crippen molar-refractivity contribution in [3.63, 3.8) is 0 Å². The lowest BCUT2D eigenvalue weighted by Gasteiger charge is -2.33. The predicted molar refractivity (Wildman–Crippen MR) is 113 cm³/mol. The minimum atomic E-state index is -0.208. The highest BCUT2D eigenvalue weighted by Crippen LogP contribution is 2.32. The summed E-state index contributed by atoms with van der Waals surface area (Å²) in [5.41, 5.74) is 5.13. The second-order valence-electron chi connectivity index (χ2n) is 7.71. The van der Waals surface area contributed by atoms with Crippen LogP contribution in [0.1, 0.15) is 47.9 Å². The van der Waals surface area contributed by atoms with Crippen LogP contribution in [-0.2, 0) is 0 Å². The quantitative estimate of drug-likeness (QED) is 0.648. The summed E-state index contributed by atoms with van der Waals surface area (Å²) in [7, 11) is 0. The normalized spacial score (nSPS) is 16.7. The number of nitrogens with one attached hydrogen (secondary N) is 1. The Kier molecular flexibility index (Phi) is 5.34. The van der Waals surface area contributed by atoms with Crippen LogP contribution in [0.25, 0.3) is 11.4 Å². The number of anilines is 1. The van der Waals surface area contributed by atoms with Gasteiger partial charge in [0.15, 0.2) is 0 Å². The molecule has 1 aliphatic rings. The SMILES string of the molecule is Cc1cccc(-c2noc([C@H]3CCCCN3C(=O)Nc3cccc(C)c3C)n2)c1. The molecule has 0 aliphatic carbocycles. The largest absolute Gasteiger partial charge is 0.337 e. The number of carbonyl (C=O) groups is 1. The molecule has 4 rings (SSSR count). The van der Waals surface area contributed by atoms with E-state index in [1.165, 1.54) is 0 Å². The summed E-state index contributed by atoms with van der Waals surface area (Å²) in [5.74, 6) is 1.06. The number of carbonyl (C=O) groups excluding carboxylic acids is 1. The van der Waals surface area contributed by atoms with Gasteiger partial charge < -0.3 is 14.7 Å². The smallest absolute Gasteiger partial charge is 0.322 e. The van der Waals surface area contributed by atoms with Crippen molar-refractivity contribution in [1.82, 2.24) is 15.0 Å². The molecule has 0 radical (unpaired) electrons. The molecule has 2 aromatic carbocycles. The molecule has 0 bridgehead atoms. The molecule has 1 atom stereocenters. The van der Waals surface area contributed by atoms with Crippen molar-refractivity contribution in [2.24, 2.45) is 0 Å². The molecule has 0 unspecified atom stereocenters. The molecular weight excluding hydrogens is 364 g/mol. The van der Waals surface area contributed by atoms with Crippen LogP contribution in [-0.4, -0.2) is 27.6 Å². The first kappa shape index (κ1) is 19.2. The Morgan fingerprint density at radius 1 is 1.14 bits per heavy atom. The lowest BCUT2D eigenvalue weighted by atomic mass is 10.0. The maximum absolute atomic E-state index is 13.1. The van der Waals surface area contributed by atoms with Gasteiger partial charge in [0, 0.05) is 17.8 Å². The van der Waals surface area contributed by atoms with Gasteiger partial charge in [-0.05, 0) is 63.3 Å². The second-order valence-corrected chi connectivity index (χ2v) is 7.71. The number of aryl methyl sites for hydroxylation is 2. The summed E-state index contributed by atoms with van der Waals surface area (Å²) < 4.78 is 5.59. The van der Waals surface area contributed by atoms with Crippen molar-refractivity contribution in [2.45, 2.75) is 46.1 Å². The highest BCUT2D eigenvalue weighted by molar-refractivity contribution is 5.90. The van der Waals surface area contributed by atoms with E-state index in [2.05, 4.69) is 15.5 Å². The fraction of sp³-hybridized carbons (Fsp3) is 0.348. The van der Waals surface area contributed by atoms with E-state index in [1.807, 2.05) is 68.1 Å². The van der Waals surface area contributed by atoms with Crippen molar-refractivity contribution in [3.05, 3.63) is 65.0 Å². The van der Waals surface area contributed by atoms with E-state index < -0.39 is 0 Å². The van der Waals surface area contributed by atoms with Crippen molar-refractivity contribution in [1.29, 1.82) is 0 Å². The zero-order valence-corrected chi connectivity index (χ0v) is 17.1. The van der Waals surface area contributed by atoms with Crippen molar-refractivity contribution < 1.29 is 9.32 Å². The Morgan fingerprint density at radius 3 is 2.79 bits per heavy atom. The third kappa shape index (κ3) is 4.01. The highest BCUT2D eigenvalue weighted by atomic mass is 16.5. The van der Waals surface area contributed by atoms with Gasteiger partial charge in [0.2, 0.25) is 11.7 Å². The van der Waals surface area contributed by atoms with Gasteiger partial charge in [-0.25, -0.2) is 4.79 Å². The number of hydrogen-bond donors (Lipinski definition) is 1. The number of likely N-dealkylation sites (tertiary alicyclic amines) is 1. The fourth-order valence-corrected chi connectivity index (χ4v) is 3.78. The van der Waals surface area contributed by atoms with E-state index in [1.54, 1.807) is 0 Å². The first-order chi connectivity index (χ1) is 14.0. The third-order valence-electron chi connectivity index (χ3n) is 5.61. The molecule has 6 heteroatoms. The molecule has 1 saturated heterocycles. The molecule has 1 fully saturated rings. The van der Waals surface area contributed by atoms with Gasteiger partial charge in [-0.2, -0.15) is 4.98 Å². The minimum absolute atomic E-state index is 0.126. The molecule has 0 saturated carbocycles. The summed E-state index contributed by atoms with van der Waals surface area (Å²) in [6, 6.07) is 13.6. The first-order valence-corrected chi connectivity index (χ1v) is 10.1. The third-order valence-corrected chi connectivity index (χ3v) is 5.61. The number of benzene rings is 2. The van der Waals surface area contributed by atoms with E-state index in [9.17, 15) is 4.79 Å². The molecule has 1 aromatic heterocycles. The summed E-state index contributed by atoms with van der Waals surface area (Å²) in [6.07, 6.45) is 2.81. The fourth-order valence-electron chi connectivity index (χ4n) is 3.78. The lowest BCUT2D eigenvalue weighted by Crippen LogP contribution is -2.41. The number of amides is 2. The van der Waals surface area contributed by atoms with Gasteiger partial charge in [0.05, 0.1) is 0 Å². The highest BCUT2D eigenvalue weighted by Gasteiger charge is 2.32. The van der Waals surface area contributed by atoms with E-state index in [4.69, 9.17) is 4.52 Å². The topological polar surface area (TPSA) is 71.3 Å². The summed E-state index contributed by atoms with van der Waals surface area (Å²) >= 11 is 0. The minimum Gasteiger partial charge on any atom is -0.337 e. The van der Waals surface area contributed by atoms with Gasteiger partial charge in [-0.3, -0.25) is 0 Å². The molecule has 2 amide bonds. The average Bonchev–Trinajstić information content (AvgIpc) is 3.21. The van der Waals surface area contributed by atoms with Crippen molar-refractivity contribution in [2.75, 3.05) is 11.9 Å². The van der Waals surface area contributed by atoms with Crippen molar-refractivity contribution in [3.8, 4) is 11.4 Å². The molecule has 1 aliphatic heterocycles. The number of hydrogen-bond acceptors (Lipinski definition) is 4. The molecule has 6 nitrogen and oxygen atoms in total. The standard InChI is InChI=1S/C23H26N4O2/c1-15-8-6-10-18(14-15)21-25-22(29-26-21)20-12-4-5-13-27(20)23(28)24-19-11-7-9-16(2)17(19)3/h6-11,14,20H,4-5,12-13H2,1-3H3,(H,24,28)/t20-/m1/s1. The van der Waals surface area contributed by atoms with Gasteiger partial charge in [0.25, 0.3) is 0 Å². The number of rotatable bonds is 3. The van der Waals surface area contributed by atoms with Crippen LogP contribution in [0.15, 0.2) is 47.0 Å². The molecule has 3 aromatic rings. The van der Waals surface area contributed by atoms with Crippen molar-refractivity contribution >= 4 is 11.7 Å². The molecule has 150 valence electrons. The van der Waals surface area contributed by atoms with E-state index in [0.29, 0.717) is 18.3 Å². The van der Waals surface area contributed by atoms with Gasteiger partial charge in [-0.1, -0.05) is 41.1 Å². The Balaban J connectivity index is 1.56. The van der Waals surface area contributed by atoms with Crippen LogP contribution in [0.4, 0.5) is 10.5 Å². The number of urea groups is 1. The Morgan fingerprint density at radius 2 is 1.97 bits per heavy atom. The summed E-state index contributed by atoms with van der Waals surface area (Å²) in [4.78, 5) is 19.5. The Labute approximate surface area is 170 Å². The zero-order valence-electron chi connectivity index (χ0n) is 17.1. The van der Waals surface area contributed by atoms with E-state index in [-0.39, 0.29) is 12.1 Å². The van der Waals surface area contributed by atoms with Crippen LogP contribution in [0.5, 0.6) is 0 Å². The van der Waals surface area contributed by atoms with Crippen LogP contribution in [0.3, 0.4) is 0 Å². The lowest BCUT2D eigenvalue weighted by molar-refractivity contribution is 0.142. The Hall–Kier alpha value is -3.15. The molecule has 2 heterocycles. The number of nitrogens with zero attached hydrogens (tertiary/aromatic N) is 3. The van der Waals surface area contributed by atoms with Gasteiger partial charge in [0.1, 0.15) is 6.04 Å². The summed E-state index contributed by atoms with van der Waals surface area (Å²) in [6.45, 7) is 6.76. The van der Waals surface area contributed by atoms with Gasteiger partial charge in [-0.15, -0.1) is 0 Å². The summed E-state index contributed by atoms with van der Waals surface area (Å²) in [5, 5.41) is 7.23. The number of piperidine rings is 1. The Bertz CT molecular complexity index is 1030. The zero-order chi connectivity index (χ0) is 20.4. The predicted octanol–water partition coefficient (Wildman–Crippen LogP) is 5.42. The first-order valence-electron chi connectivity index (χ1n) is 10.1. The molecule has 1 N–H and O–H groups in total. The molecule has 29 heavy (non-hydrogen) atoms. The van der Waals surface area contributed by atoms with Crippen LogP contribution in [0.2, 0.25) is 0 Å².